The Bertz CT molecular complexity index is 1470. The van der Waals surface area contributed by atoms with Gasteiger partial charge >= 0.3 is 0 Å². The summed E-state index contributed by atoms with van der Waals surface area (Å²) in [5, 5.41) is 11.3. The van der Waals surface area contributed by atoms with E-state index in [1.54, 1.807) is 21.5 Å². The topological polar surface area (TPSA) is 103 Å². The van der Waals surface area contributed by atoms with Gasteiger partial charge in [0.2, 0.25) is 0 Å². The summed E-state index contributed by atoms with van der Waals surface area (Å²) in [5.41, 5.74) is 10.3. The third-order valence-corrected chi connectivity index (χ3v) is 5.36. The highest BCUT2D eigenvalue weighted by atomic mass is 19.1. The molecule has 0 bridgehead atoms. The quantitative estimate of drug-likeness (QED) is 0.430. The maximum Gasteiger partial charge on any atom is 0.258 e. The number of rotatable bonds is 5. The molecule has 0 radical (unpaired) electrons. The number of aryl methyl sites for hydroxylation is 1. The number of amides is 1. The van der Waals surface area contributed by atoms with Crippen LogP contribution in [0, 0.1) is 12.7 Å². The Morgan fingerprint density at radius 2 is 1.94 bits per heavy atom. The fourth-order valence-corrected chi connectivity index (χ4v) is 3.80. The zero-order valence-electron chi connectivity index (χ0n) is 17.7. The largest absolute Gasteiger partial charge is 0.382 e. The van der Waals surface area contributed by atoms with Gasteiger partial charge in [-0.15, -0.1) is 0 Å². The van der Waals surface area contributed by atoms with E-state index in [2.05, 4.69) is 20.5 Å². The Kier molecular flexibility index (Phi) is 5.06. The number of halogens is 1. The highest BCUT2D eigenvalue weighted by Gasteiger charge is 2.17. The van der Waals surface area contributed by atoms with E-state index in [-0.39, 0.29) is 5.56 Å². The number of nitrogens with zero attached hydrogens (tertiary/aromatic N) is 5. The first-order valence-electron chi connectivity index (χ1n) is 10.3. The minimum Gasteiger partial charge on any atom is -0.382 e. The number of hydrogen-bond acceptors (Lipinski definition) is 5. The van der Waals surface area contributed by atoms with E-state index in [4.69, 9.17) is 5.73 Å². The van der Waals surface area contributed by atoms with Gasteiger partial charge in [0.25, 0.3) is 5.91 Å². The summed E-state index contributed by atoms with van der Waals surface area (Å²) >= 11 is 0. The highest BCUT2D eigenvalue weighted by Crippen LogP contribution is 2.28. The highest BCUT2D eigenvalue weighted by molar-refractivity contribution is 6.05. The summed E-state index contributed by atoms with van der Waals surface area (Å²) in [4.78, 5) is 16.9. The lowest BCUT2D eigenvalue weighted by atomic mass is 10.1. The van der Waals surface area contributed by atoms with Crippen LogP contribution in [0.5, 0.6) is 0 Å². The lowest BCUT2D eigenvalue weighted by Gasteiger charge is -2.08. The number of anilines is 2. The van der Waals surface area contributed by atoms with Gasteiger partial charge in [0.1, 0.15) is 17.7 Å². The van der Waals surface area contributed by atoms with Crippen LogP contribution in [0.4, 0.5) is 15.9 Å². The van der Waals surface area contributed by atoms with Gasteiger partial charge in [-0.1, -0.05) is 30.3 Å². The molecule has 0 spiro atoms. The predicted molar refractivity (Wildman–Crippen MR) is 123 cm³/mol. The van der Waals surface area contributed by atoms with Crippen LogP contribution >= 0.6 is 0 Å². The first kappa shape index (κ1) is 20.4. The molecule has 2 aromatic carbocycles. The molecular weight excluding hydrogens is 421 g/mol. The molecule has 0 aliphatic rings. The normalized spacial score (nSPS) is 11.1. The number of nitrogen functional groups attached to an aromatic ring is 1. The van der Waals surface area contributed by atoms with Crippen molar-refractivity contribution in [3.8, 4) is 11.3 Å². The van der Waals surface area contributed by atoms with Crippen LogP contribution in [0.15, 0.2) is 73.3 Å². The summed E-state index contributed by atoms with van der Waals surface area (Å²) in [7, 11) is 0. The van der Waals surface area contributed by atoms with Crippen molar-refractivity contribution in [1.29, 1.82) is 0 Å². The fourth-order valence-electron chi connectivity index (χ4n) is 3.80. The third kappa shape index (κ3) is 3.91. The maximum absolute atomic E-state index is 14.6. The molecule has 164 valence electrons. The molecule has 1 amide bonds. The number of fused-ring (bicyclic) bond motifs is 1. The van der Waals surface area contributed by atoms with Gasteiger partial charge in [0, 0.05) is 11.8 Å². The number of hydrogen-bond donors (Lipinski definition) is 2. The van der Waals surface area contributed by atoms with Gasteiger partial charge < -0.3 is 11.1 Å². The number of nitrogens with two attached hydrogens (primary N) is 1. The van der Waals surface area contributed by atoms with E-state index in [9.17, 15) is 9.18 Å². The first-order valence-corrected chi connectivity index (χ1v) is 10.3. The van der Waals surface area contributed by atoms with Gasteiger partial charge in [-0.3, -0.25) is 9.48 Å². The standard InChI is InChI=1S/C24H20FN7O/c1-15-9-21(32-22(15)23(26)27-14-29-32)17-7-8-20(25)19(10-17)24(33)30-18-11-28-31(13-18)12-16-5-3-2-4-6-16/h2-11,13-14H,12H2,1H3,(H,30,33)(H2,26,27,29). The van der Waals surface area contributed by atoms with Crippen molar-refractivity contribution in [2.75, 3.05) is 11.1 Å². The predicted octanol–water partition coefficient (Wildman–Crippen LogP) is 3.92. The summed E-state index contributed by atoms with van der Waals surface area (Å²) in [6.45, 7) is 2.45. The summed E-state index contributed by atoms with van der Waals surface area (Å²) in [6, 6.07) is 16.1. The van der Waals surface area contributed by atoms with Crippen LogP contribution in [0.3, 0.4) is 0 Å². The molecular formula is C24H20FN7O. The maximum atomic E-state index is 14.6. The van der Waals surface area contributed by atoms with Crippen LogP contribution in [0.1, 0.15) is 21.5 Å². The summed E-state index contributed by atoms with van der Waals surface area (Å²) in [6.07, 6.45) is 4.60. The van der Waals surface area contributed by atoms with Gasteiger partial charge in [0.05, 0.1) is 29.7 Å². The number of nitrogens with one attached hydrogen (secondary N) is 1. The Labute approximate surface area is 188 Å². The minimum absolute atomic E-state index is 0.0852. The minimum atomic E-state index is -0.625. The average Bonchev–Trinajstić information content (AvgIpc) is 3.39. The van der Waals surface area contributed by atoms with Gasteiger partial charge in [-0.05, 0) is 42.3 Å². The second-order valence-corrected chi connectivity index (χ2v) is 7.68. The van der Waals surface area contributed by atoms with E-state index < -0.39 is 11.7 Å². The van der Waals surface area contributed by atoms with Crippen molar-refractivity contribution in [2.24, 2.45) is 0 Å². The number of carbonyl (C=O) groups excluding carboxylic acids is 1. The van der Waals surface area contributed by atoms with Crippen molar-refractivity contribution >= 4 is 22.9 Å². The zero-order valence-corrected chi connectivity index (χ0v) is 17.7. The van der Waals surface area contributed by atoms with Crippen LogP contribution in [0.25, 0.3) is 16.8 Å². The third-order valence-electron chi connectivity index (χ3n) is 5.36. The molecule has 5 aromatic rings. The molecule has 33 heavy (non-hydrogen) atoms. The Morgan fingerprint density at radius 1 is 1.12 bits per heavy atom. The van der Waals surface area contributed by atoms with Crippen LogP contribution in [-0.2, 0) is 6.54 Å². The van der Waals surface area contributed by atoms with Crippen LogP contribution < -0.4 is 11.1 Å². The number of carbonyl (C=O) groups is 1. The van der Waals surface area contributed by atoms with Gasteiger partial charge in [-0.2, -0.15) is 10.2 Å². The molecule has 8 nitrogen and oxygen atoms in total. The lowest BCUT2D eigenvalue weighted by molar-refractivity contribution is 0.102. The molecule has 0 saturated carbocycles. The van der Waals surface area contributed by atoms with Crippen molar-refractivity contribution < 1.29 is 9.18 Å². The smallest absolute Gasteiger partial charge is 0.258 e. The van der Waals surface area contributed by atoms with Crippen molar-refractivity contribution in [1.82, 2.24) is 24.4 Å². The van der Waals surface area contributed by atoms with E-state index >= 15 is 0 Å². The van der Waals surface area contributed by atoms with Crippen LogP contribution in [-0.4, -0.2) is 30.3 Å². The Morgan fingerprint density at radius 3 is 2.76 bits per heavy atom. The van der Waals surface area contributed by atoms with E-state index in [0.29, 0.717) is 34.8 Å². The van der Waals surface area contributed by atoms with E-state index in [1.165, 1.54) is 24.7 Å². The first-order chi connectivity index (χ1) is 16.0. The zero-order chi connectivity index (χ0) is 22.9. The van der Waals surface area contributed by atoms with Crippen molar-refractivity contribution in [3.05, 3.63) is 95.8 Å². The fraction of sp³-hybridized carbons (Fsp3) is 0.0833. The van der Waals surface area contributed by atoms with Gasteiger partial charge in [-0.25, -0.2) is 13.9 Å². The molecule has 5 rings (SSSR count). The van der Waals surface area contributed by atoms with E-state index in [0.717, 1.165) is 11.1 Å². The second kappa shape index (κ2) is 8.19. The van der Waals surface area contributed by atoms with Gasteiger partial charge in [0.15, 0.2) is 5.82 Å². The SMILES string of the molecule is Cc1cc(-c2ccc(F)c(C(=O)Nc3cnn(Cc4ccccc4)c3)c2)n2ncnc(N)c12. The summed E-state index contributed by atoms with van der Waals surface area (Å²) < 4.78 is 17.9. The Hall–Kier alpha value is -4.53. The lowest BCUT2D eigenvalue weighted by Crippen LogP contribution is -2.13. The molecule has 3 N–H and O–H groups in total. The van der Waals surface area contributed by atoms with E-state index in [1.807, 2.05) is 43.3 Å². The monoisotopic (exact) mass is 441 g/mol. The van der Waals surface area contributed by atoms with Crippen LogP contribution in [0.2, 0.25) is 0 Å². The number of benzene rings is 2. The molecule has 3 heterocycles. The number of aromatic nitrogens is 5. The van der Waals surface area contributed by atoms with Crippen molar-refractivity contribution in [3.63, 3.8) is 0 Å². The molecule has 0 aliphatic heterocycles. The second-order valence-electron chi connectivity index (χ2n) is 7.68. The molecule has 0 unspecified atom stereocenters. The Balaban J connectivity index is 1.41. The molecule has 3 aromatic heterocycles. The molecule has 9 heteroatoms. The molecule has 0 aliphatic carbocycles. The average molecular weight is 441 g/mol. The summed E-state index contributed by atoms with van der Waals surface area (Å²) in [5.74, 6) is -0.846. The molecule has 0 fully saturated rings. The molecule has 0 saturated heterocycles. The van der Waals surface area contributed by atoms with Crippen molar-refractivity contribution in [2.45, 2.75) is 13.5 Å². The molecule has 0 atom stereocenters.